The van der Waals surface area contributed by atoms with E-state index in [-0.39, 0.29) is 5.96 Å². The van der Waals surface area contributed by atoms with E-state index < -0.39 is 5.91 Å². The lowest BCUT2D eigenvalue weighted by molar-refractivity contribution is 0.100. The topological polar surface area (TPSA) is 104 Å². The van der Waals surface area contributed by atoms with E-state index in [0.717, 1.165) is 29.5 Å². The molecule has 0 saturated heterocycles. The minimum atomic E-state index is -0.449. The summed E-state index contributed by atoms with van der Waals surface area (Å²) in [5, 5.41) is 0. The number of fused-ring (bicyclic) bond motifs is 1. The second kappa shape index (κ2) is 6.54. The van der Waals surface area contributed by atoms with Crippen molar-refractivity contribution in [1.82, 2.24) is 4.98 Å². The number of ether oxygens (including phenoxy) is 1. The van der Waals surface area contributed by atoms with Crippen molar-refractivity contribution >= 4 is 17.4 Å². The van der Waals surface area contributed by atoms with Crippen LogP contribution in [0.3, 0.4) is 0 Å². The number of allylic oxidation sites excluding steroid dienone is 1. The Kier molecular flexibility index (Phi) is 4.29. The molecule has 1 aromatic carbocycles. The van der Waals surface area contributed by atoms with E-state index in [1.807, 2.05) is 24.3 Å². The number of nitrogens with two attached hydrogens (primary N) is 2. The van der Waals surface area contributed by atoms with Crippen LogP contribution in [0.15, 0.2) is 47.6 Å². The fourth-order valence-electron chi connectivity index (χ4n) is 2.78. The molecule has 2 aromatic rings. The number of carbonyl (C=O) groups excluding carboxylic acids is 1. The molecule has 6 nitrogen and oxygen atoms in total. The molecule has 1 aliphatic rings. The zero-order chi connectivity index (χ0) is 17.1. The van der Waals surface area contributed by atoms with Gasteiger partial charge in [-0.15, -0.1) is 0 Å². The Balaban J connectivity index is 2.02. The molecule has 4 N–H and O–H groups in total. The van der Waals surface area contributed by atoms with Gasteiger partial charge in [0, 0.05) is 23.4 Å². The summed E-state index contributed by atoms with van der Waals surface area (Å²) in [6.07, 6.45) is 5.79. The summed E-state index contributed by atoms with van der Waals surface area (Å²) >= 11 is 0. The Hall–Kier alpha value is -3.15. The van der Waals surface area contributed by atoms with Gasteiger partial charge in [-0.05, 0) is 47.7 Å². The van der Waals surface area contributed by atoms with E-state index in [1.165, 1.54) is 5.56 Å². The molecule has 1 heterocycles. The molecule has 0 atom stereocenters. The van der Waals surface area contributed by atoms with Gasteiger partial charge in [-0.3, -0.25) is 4.79 Å². The van der Waals surface area contributed by atoms with Gasteiger partial charge in [-0.25, -0.2) is 4.98 Å². The first-order valence-corrected chi connectivity index (χ1v) is 7.56. The fraction of sp³-hybridized carbons (Fsp3) is 0.167. The van der Waals surface area contributed by atoms with Crippen LogP contribution in [0.5, 0.6) is 5.88 Å². The van der Waals surface area contributed by atoms with Crippen molar-refractivity contribution in [2.45, 2.75) is 12.8 Å². The molecule has 0 fully saturated rings. The highest BCUT2D eigenvalue weighted by Crippen LogP contribution is 2.32. The molecule has 24 heavy (non-hydrogen) atoms. The smallest absolute Gasteiger partial charge is 0.280 e. The molecule has 3 rings (SSSR count). The summed E-state index contributed by atoms with van der Waals surface area (Å²) in [7, 11) is 1.58. The Labute approximate surface area is 139 Å². The third-order valence-electron chi connectivity index (χ3n) is 3.90. The first-order valence-electron chi connectivity index (χ1n) is 7.56. The predicted molar refractivity (Wildman–Crippen MR) is 92.8 cm³/mol. The average Bonchev–Trinajstić information content (AvgIpc) is 2.60. The van der Waals surface area contributed by atoms with Gasteiger partial charge in [-0.1, -0.05) is 12.1 Å². The van der Waals surface area contributed by atoms with E-state index in [0.29, 0.717) is 11.4 Å². The number of carbonyl (C=O) groups is 1. The highest BCUT2D eigenvalue weighted by Gasteiger charge is 2.17. The van der Waals surface area contributed by atoms with Crippen molar-refractivity contribution in [3.8, 4) is 5.88 Å². The normalized spacial score (nSPS) is 12.8. The molecule has 0 bridgehead atoms. The highest BCUT2D eigenvalue weighted by atomic mass is 16.5. The number of aliphatic imine (C=N–C) groups is 1. The maximum atomic E-state index is 12.1. The standard InChI is InChI=1S/C18H18N4O2/c1-24-16-8-7-13(10-21-16)14-4-2-3-11-5-6-12(9-15(11)14)17(23)22-18(19)20/h4-10H,2-3H2,1H3,(H4,19,20,22,23). The molecule has 1 amide bonds. The number of guanidine groups is 1. The van der Waals surface area contributed by atoms with E-state index in [1.54, 1.807) is 19.4 Å². The summed E-state index contributed by atoms with van der Waals surface area (Å²) < 4.78 is 5.10. The van der Waals surface area contributed by atoms with Gasteiger partial charge < -0.3 is 16.2 Å². The van der Waals surface area contributed by atoms with Crippen LogP contribution in [0.25, 0.3) is 5.57 Å². The molecule has 1 aliphatic carbocycles. The van der Waals surface area contributed by atoms with Gasteiger partial charge in [0.2, 0.25) is 5.88 Å². The van der Waals surface area contributed by atoms with Gasteiger partial charge in [0.05, 0.1) is 7.11 Å². The van der Waals surface area contributed by atoms with Crippen LogP contribution in [0.1, 0.15) is 33.5 Å². The van der Waals surface area contributed by atoms with E-state index in [2.05, 4.69) is 16.1 Å². The molecule has 0 saturated carbocycles. The fourth-order valence-corrected chi connectivity index (χ4v) is 2.78. The number of nitrogens with zero attached hydrogens (tertiary/aromatic N) is 2. The van der Waals surface area contributed by atoms with Crippen LogP contribution >= 0.6 is 0 Å². The highest BCUT2D eigenvalue weighted by molar-refractivity contribution is 6.02. The number of rotatable bonds is 3. The van der Waals surface area contributed by atoms with Crippen LogP contribution < -0.4 is 16.2 Å². The van der Waals surface area contributed by atoms with Crippen molar-refractivity contribution in [3.63, 3.8) is 0 Å². The third kappa shape index (κ3) is 3.12. The van der Waals surface area contributed by atoms with E-state index in [4.69, 9.17) is 16.2 Å². The van der Waals surface area contributed by atoms with Crippen molar-refractivity contribution in [2.75, 3.05) is 7.11 Å². The first-order chi connectivity index (χ1) is 11.6. The molecule has 122 valence electrons. The zero-order valence-electron chi connectivity index (χ0n) is 13.3. The summed E-state index contributed by atoms with van der Waals surface area (Å²) in [5.74, 6) is -0.129. The van der Waals surface area contributed by atoms with Crippen LogP contribution in [0.4, 0.5) is 0 Å². The lowest BCUT2D eigenvalue weighted by Gasteiger charge is -2.19. The molecule has 0 unspecified atom stereocenters. The average molecular weight is 322 g/mol. The lowest BCUT2D eigenvalue weighted by Crippen LogP contribution is -2.24. The maximum Gasteiger partial charge on any atom is 0.280 e. The monoisotopic (exact) mass is 322 g/mol. The Morgan fingerprint density at radius 3 is 2.75 bits per heavy atom. The number of aromatic nitrogens is 1. The molecule has 0 spiro atoms. The minimum absolute atomic E-state index is 0.243. The summed E-state index contributed by atoms with van der Waals surface area (Å²) in [4.78, 5) is 19.9. The second-order valence-electron chi connectivity index (χ2n) is 5.46. The van der Waals surface area contributed by atoms with Crippen molar-refractivity contribution < 1.29 is 9.53 Å². The van der Waals surface area contributed by atoms with Crippen LogP contribution in [-0.4, -0.2) is 24.0 Å². The first kappa shape index (κ1) is 15.7. The van der Waals surface area contributed by atoms with Gasteiger partial charge in [0.1, 0.15) is 0 Å². The van der Waals surface area contributed by atoms with Gasteiger partial charge >= 0.3 is 0 Å². The van der Waals surface area contributed by atoms with Gasteiger partial charge in [0.15, 0.2) is 5.96 Å². The minimum Gasteiger partial charge on any atom is -0.481 e. The predicted octanol–water partition coefficient (Wildman–Crippen LogP) is 1.88. The largest absolute Gasteiger partial charge is 0.481 e. The van der Waals surface area contributed by atoms with E-state index in [9.17, 15) is 4.79 Å². The maximum absolute atomic E-state index is 12.1. The molecular weight excluding hydrogens is 304 g/mol. The van der Waals surface area contributed by atoms with Crippen LogP contribution in [-0.2, 0) is 6.42 Å². The Morgan fingerprint density at radius 1 is 1.25 bits per heavy atom. The van der Waals surface area contributed by atoms with Gasteiger partial charge in [0.25, 0.3) is 5.91 Å². The number of aryl methyl sites for hydroxylation is 1. The van der Waals surface area contributed by atoms with Crippen molar-refractivity contribution in [1.29, 1.82) is 0 Å². The van der Waals surface area contributed by atoms with Crippen molar-refractivity contribution in [3.05, 3.63) is 64.9 Å². The van der Waals surface area contributed by atoms with Crippen molar-refractivity contribution in [2.24, 2.45) is 16.5 Å². The number of methoxy groups -OCH3 is 1. The molecular formula is C18H18N4O2. The molecule has 0 radical (unpaired) electrons. The third-order valence-corrected chi connectivity index (χ3v) is 3.90. The summed E-state index contributed by atoms with van der Waals surface area (Å²) in [5.41, 5.74) is 15.2. The Morgan fingerprint density at radius 2 is 2.08 bits per heavy atom. The zero-order valence-corrected chi connectivity index (χ0v) is 13.3. The molecule has 0 aliphatic heterocycles. The van der Waals surface area contributed by atoms with E-state index >= 15 is 0 Å². The SMILES string of the molecule is COc1ccc(C2=CCCc3ccc(C(=O)N=C(N)N)cc32)cn1. The number of benzene rings is 1. The molecule has 6 heteroatoms. The Bertz CT molecular complexity index is 835. The van der Waals surface area contributed by atoms with Crippen LogP contribution in [0, 0.1) is 0 Å². The number of amides is 1. The number of hydrogen-bond donors (Lipinski definition) is 2. The lowest BCUT2D eigenvalue weighted by atomic mass is 9.86. The van der Waals surface area contributed by atoms with Crippen LogP contribution in [0.2, 0.25) is 0 Å². The van der Waals surface area contributed by atoms with Gasteiger partial charge in [-0.2, -0.15) is 4.99 Å². The summed E-state index contributed by atoms with van der Waals surface area (Å²) in [6, 6.07) is 9.31. The number of hydrogen-bond acceptors (Lipinski definition) is 3. The quantitative estimate of drug-likeness (QED) is 0.663. The summed E-state index contributed by atoms with van der Waals surface area (Å²) in [6.45, 7) is 0. The number of pyridine rings is 1. The second-order valence-corrected chi connectivity index (χ2v) is 5.46. The molecule has 1 aromatic heterocycles.